The second-order valence-corrected chi connectivity index (χ2v) is 17.1. The first kappa shape index (κ1) is 58.1. The predicted octanol–water partition coefficient (Wildman–Crippen LogP) is 16.9. The molecule has 0 amide bonds. The van der Waals surface area contributed by atoms with Crippen LogP contribution in [0.2, 0.25) is 0 Å². The highest BCUT2D eigenvalue weighted by Gasteiger charge is 2.19. The third-order valence-corrected chi connectivity index (χ3v) is 11.0. The summed E-state index contributed by atoms with van der Waals surface area (Å²) in [6, 6.07) is 0. The first-order valence-electron chi connectivity index (χ1n) is 25.8. The Morgan fingerprint density at radius 3 is 1.16 bits per heavy atom. The average molecular weight is 853 g/mol. The number of allylic oxidation sites excluding steroid dienone is 10. The highest BCUT2D eigenvalue weighted by atomic mass is 16.6. The van der Waals surface area contributed by atoms with Gasteiger partial charge >= 0.3 is 17.9 Å². The van der Waals surface area contributed by atoms with Gasteiger partial charge in [0.05, 0.1) is 0 Å². The molecule has 0 heterocycles. The molecule has 0 saturated carbocycles. The lowest BCUT2D eigenvalue weighted by molar-refractivity contribution is -0.167. The predicted molar refractivity (Wildman–Crippen MR) is 261 cm³/mol. The van der Waals surface area contributed by atoms with Crippen molar-refractivity contribution < 1.29 is 28.6 Å². The van der Waals surface area contributed by atoms with E-state index in [9.17, 15) is 14.4 Å². The van der Waals surface area contributed by atoms with E-state index in [2.05, 4.69) is 81.5 Å². The molecule has 0 aliphatic carbocycles. The summed E-state index contributed by atoms with van der Waals surface area (Å²) in [6.07, 6.45) is 60.8. The zero-order valence-corrected chi connectivity index (χ0v) is 40.2. The zero-order chi connectivity index (χ0) is 44.4. The second kappa shape index (κ2) is 49.8. The average Bonchev–Trinajstić information content (AvgIpc) is 3.26. The zero-order valence-electron chi connectivity index (χ0n) is 40.2. The molecule has 0 aliphatic rings. The Labute approximate surface area is 377 Å². The Balaban J connectivity index is 4.33. The Morgan fingerprint density at radius 1 is 0.361 bits per heavy atom. The third kappa shape index (κ3) is 48.0. The molecule has 0 aromatic rings. The molecule has 0 aromatic heterocycles. The van der Waals surface area contributed by atoms with Crippen LogP contribution in [0.25, 0.3) is 0 Å². The Bertz CT molecular complexity index is 1120. The Kier molecular flexibility index (Phi) is 47.4. The van der Waals surface area contributed by atoms with Gasteiger partial charge in [-0.1, -0.05) is 197 Å². The fraction of sp³-hybridized carbons (Fsp3) is 0.764. The molecule has 352 valence electrons. The molecule has 0 aromatic carbocycles. The fourth-order valence-electron chi connectivity index (χ4n) is 7.11. The lowest BCUT2D eigenvalue weighted by atomic mass is 10.1. The van der Waals surface area contributed by atoms with E-state index in [1.54, 1.807) is 0 Å². The van der Waals surface area contributed by atoms with Gasteiger partial charge in [-0.25, -0.2) is 0 Å². The molecule has 0 rings (SSSR count). The molecule has 0 spiro atoms. The summed E-state index contributed by atoms with van der Waals surface area (Å²) >= 11 is 0. The van der Waals surface area contributed by atoms with Crippen molar-refractivity contribution in [3.8, 4) is 0 Å². The highest BCUT2D eigenvalue weighted by Crippen LogP contribution is 2.14. The van der Waals surface area contributed by atoms with Crippen LogP contribution in [0, 0.1) is 0 Å². The largest absolute Gasteiger partial charge is 0.462 e. The number of ether oxygens (including phenoxy) is 3. The van der Waals surface area contributed by atoms with Crippen LogP contribution in [0.4, 0.5) is 0 Å². The number of rotatable bonds is 46. The van der Waals surface area contributed by atoms with E-state index >= 15 is 0 Å². The maximum Gasteiger partial charge on any atom is 0.306 e. The minimum atomic E-state index is -0.793. The maximum atomic E-state index is 12.8. The minimum absolute atomic E-state index is 0.0915. The number of carbonyl (C=O) groups excluding carboxylic acids is 3. The molecule has 6 heteroatoms. The van der Waals surface area contributed by atoms with Crippen LogP contribution in [0.1, 0.15) is 252 Å². The summed E-state index contributed by atoms with van der Waals surface area (Å²) in [5, 5.41) is 0. The van der Waals surface area contributed by atoms with Gasteiger partial charge in [0.25, 0.3) is 0 Å². The summed E-state index contributed by atoms with van der Waals surface area (Å²) in [4.78, 5) is 37.9. The molecule has 0 N–H and O–H groups in total. The van der Waals surface area contributed by atoms with E-state index in [0.717, 1.165) is 83.5 Å². The van der Waals surface area contributed by atoms with Crippen LogP contribution in [-0.2, 0) is 28.6 Å². The molecule has 0 fully saturated rings. The first-order chi connectivity index (χ1) is 30.0. The molecule has 0 saturated heterocycles. The molecule has 1 atom stereocenters. The quantitative estimate of drug-likeness (QED) is 0.0200. The lowest BCUT2D eigenvalue weighted by Crippen LogP contribution is -2.30. The van der Waals surface area contributed by atoms with E-state index < -0.39 is 6.10 Å². The van der Waals surface area contributed by atoms with Crippen LogP contribution in [-0.4, -0.2) is 37.2 Å². The fourth-order valence-corrected chi connectivity index (χ4v) is 7.11. The SMILES string of the molecule is CC/C=C\C/C=C\CCCCC(=O)OCC(COC(=O)CCCCCCCCC/C=C\CCCCCCCCCC)OC(=O)CCCCCCCC/C=C\C=C/CCCCC. The molecule has 61 heavy (non-hydrogen) atoms. The topological polar surface area (TPSA) is 78.9 Å². The number of esters is 3. The van der Waals surface area contributed by atoms with E-state index in [1.807, 2.05) is 0 Å². The van der Waals surface area contributed by atoms with Crippen LogP contribution >= 0.6 is 0 Å². The van der Waals surface area contributed by atoms with E-state index in [4.69, 9.17) is 14.2 Å². The summed E-state index contributed by atoms with van der Waals surface area (Å²) in [6.45, 7) is 6.44. The Hall–Kier alpha value is -2.89. The van der Waals surface area contributed by atoms with Crippen molar-refractivity contribution in [1.82, 2.24) is 0 Å². The normalized spacial score (nSPS) is 12.5. The lowest BCUT2D eigenvalue weighted by Gasteiger charge is -2.18. The van der Waals surface area contributed by atoms with Gasteiger partial charge in [-0.15, -0.1) is 0 Å². The molecule has 6 nitrogen and oxygen atoms in total. The van der Waals surface area contributed by atoms with Gasteiger partial charge < -0.3 is 14.2 Å². The van der Waals surface area contributed by atoms with Crippen molar-refractivity contribution in [3.63, 3.8) is 0 Å². The maximum absolute atomic E-state index is 12.8. The summed E-state index contributed by atoms with van der Waals surface area (Å²) < 4.78 is 16.7. The monoisotopic (exact) mass is 853 g/mol. The Morgan fingerprint density at radius 2 is 0.689 bits per heavy atom. The number of hydrogen-bond acceptors (Lipinski definition) is 6. The molecular formula is C55H96O6. The van der Waals surface area contributed by atoms with Crippen LogP contribution in [0.3, 0.4) is 0 Å². The smallest absolute Gasteiger partial charge is 0.306 e. The van der Waals surface area contributed by atoms with Crippen molar-refractivity contribution in [2.75, 3.05) is 13.2 Å². The molecular weight excluding hydrogens is 757 g/mol. The van der Waals surface area contributed by atoms with Gasteiger partial charge in [-0.05, 0) is 96.3 Å². The van der Waals surface area contributed by atoms with Crippen LogP contribution in [0.15, 0.2) is 60.8 Å². The second-order valence-electron chi connectivity index (χ2n) is 17.1. The van der Waals surface area contributed by atoms with Gasteiger partial charge in [0.15, 0.2) is 6.10 Å². The van der Waals surface area contributed by atoms with Crippen molar-refractivity contribution in [1.29, 1.82) is 0 Å². The molecule has 1 unspecified atom stereocenters. The summed E-state index contributed by atoms with van der Waals surface area (Å²) in [7, 11) is 0. The molecule has 0 radical (unpaired) electrons. The van der Waals surface area contributed by atoms with Crippen molar-refractivity contribution in [3.05, 3.63) is 60.8 Å². The van der Waals surface area contributed by atoms with Crippen molar-refractivity contribution in [2.24, 2.45) is 0 Å². The van der Waals surface area contributed by atoms with Gasteiger partial charge in [0.1, 0.15) is 13.2 Å². The summed E-state index contributed by atoms with van der Waals surface area (Å²) in [5.74, 6) is -0.943. The standard InChI is InChI=1S/C55H96O6/c1-4-7-10-13-16-19-21-23-25-26-27-28-30-31-33-36-39-42-45-48-54(57)60-51-52(50-59-53(56)47-44-41-38-35-18-15-12-9-6-3)61-55(58)49-46-43-40-37-34-32-29-24-22-20-17-14-11-8-5-2/h9,12,17-18,20,22,24,26-27,35,52H,4-8,10-11,13-16,19,21,23,25,28-34,36-51H2,1-3H3/b12-9-,20-17-,24-22-,27-26-,35-18-. The van der Waals surface area contributed by atoms with E-state index in [1.165, 1.54) is 128 Å². The van der Waals surface area contributed by atoms with Crippen molar-refractivity contribution in [2.45, 2.75) is 258 Å². The molecule has 0 aliphatic heterocycles. The van der Waals surface area contributed by atoms with E-state index in [0.29, 0.717) is 19.3 Å². The first-order valence-corrected chi connectivity index (χ1v) is 25.8. The van der Waals surface area contributed by atoms with Crippen LogP contribution in [0.5, 0.6) is 0 Å². The van der Waals surface area contributed by atoms with E-state index in [-0.39, 0.29) is 31.1 Å². The van der Waals surface area contributed by atoms with Crippen molar-refractivity contribution >= 4 is 17.9 Å². The summed E-state index contributed by atoms with van der Waals surface area (Å²) in [5.41, 5.74) is 0. The number of hydrogen-bond donors (Lipinski definition) is 0. The minimum Gasteiger partial charge on any atom is -0.462 e. The van der Waals surface area contributed by atoms with Gasteiger partial charge in [-0.3, -0.25) is 14.4 Å². The third-order valence-electron chi connectivity index (χ3n) is 11.0. The van der Waals surface area contributed by atoms with Gasteiger partial charge in [-0.2, -0.15) is 0 Å². The number of unbranched alkanes of at least 4 members (excludes halogenated alkanes) is 26. The number of carbonyl (C=O) groups is 3. The molecule has 0 bridgehead atoms. The van der Waals surface area contributed by atoms with Gasteiger partial charge in [0.2, 0.25) is 0 Å². The highest BCUT2D eigenvalue weighted by molar-refractivity contribution is 5.71. The van der Waals surface area contributed by atoms with Gasteiger partial charge in [0, 0.05) is 19.3 Å². The van der Waals surface area contributed by atoms with Crippen LogP contribution < -0.4 is 0 Å².